The second kappa shape index (κ2) is 11.1. The number of benzene rings is 2. The van der Waals surface area contributed by atoms with Crippen LogP contribution in [-0.4, -0.2) is 58.7 Å². The fraction of sp³-hybridized carbons (Fsp3) is 0.364. The molecule has 1 saturated heterocycles. The second-order valence-corrected chi connectivity index (χ2v) is 10.2. The Morgan fingerprint density at radius 3 is 2.61 bits per heavy atom. The number of rotatable bonds is 10. The lowest BCUT2D eigenvalue weighted by Crippen LogP contribution is -2.36. The molecule has 1 N–H and O–H groups in total. The van der Waals surface area contributed by atoms with Gasteiger partial charge in [0.15, 0.2) is 0 Å². The number of sulfonamides is 1. The molecule has 0 spiro atoms. The maximum absolute atomic E-state index is 13.4. The second-order valence-electron chi connectivity index (χ2n) is 7.30. The van der Waals surface area contributed by atoms with Crippen LogP contribution in [0.1, 0.15) is 26.9 Å². The van der Waals surface area contributed by atoms with Crippen molar-refractivity contribution >= 4 is 39.3 Å². The number of carbonyl (C=O) groups excluding carboxylic acids is 2. The summed E-state index contributed by atoms with van der Waals surface area (Å²) >= 11 is 1.35. The normalized spacial score (nSPS) is 16.3. The number of hydrogen-bond acceptors (Lipinski definition) is 7. The Morgan fingerprint density at radius 2 is 1.91 bits per heavy atom. The molecule has 0 bridgehead atoms. The van der Waals surface area contributed by atoms with Gasteiger partial charge in [-0.25, -0.2) is 17.5 Å². The van der Waals surface area contributed by atoms with Crippen molar-refractivity contribution in [1.82, 2.24) is 4.72 Å². The third-order valence-electron chi connectivity index (χ3n) is 4.92. The van der Waals surface area contributed by atoms with Crippen LogP contribution in [0, 0.1) is 12.7 Å². The van der Waals surface area contributed by atoms with Crippen LogP contribution in [0.15, 0.2) is 42.5 Å². The maximum Gasteiger partial charge on any atom is 0.266 e. The Kier molecular flexibility index (Phi) is 8.46. The zero-order chi connectivity index (χ0) is 24.0. The minimum Gasteiger partial charge on any atom is -0.382 e. The summed E-state index contributed by atoms with van der Waals surface area (Å²) < 4.78 is 50.2. The molecule has 2 aromatic carbocycles. The lowest BCUT2D eigenvalue weighted by atomic mass is 10.0. The molecule has 33 heavy (non-hydrogen) atoms. The molecule has 1 aliphatic rings. The van der Waals surface area contributed by atoms with Crippen molar-refractivity contribution in [1.29, 1.82) is 0 Å². The molecule has 8 nitrogen and oxygen atoms in total. The van der Waals surface area contributed by atoms with Crippen LogP contribution >= 0.6 is 11.8 Å². The van der Waals surface area contributed by atoms with Crippen LogP contribution in [0.5, 0.6) is 0 Å². The van der Waals surface area contributed by atoms with Gasteiger partial charge >= 0.3 is 0 Å². The summed E-state index contributed by atoms with van der Waals surface area (Å²) in [7, 11) is -2.46. The number of nitrogens with zero attached hydrogens (tertiary/aromatic N) is 1. The average Bonchev–Trinajstić information content (AvgIpc) is 3.14. The average molecular weight is 497 g/mol. The van der Waals surface area contributed by atoms with E-state index < -0.39 is 32.9 Å². The molecule has 3 rings (SSSR count). The molecule has 178 valence electrons. The van der Waals surface area contributed by atoms with Crippen LogP contribution in [0.4, 0.5) is 10.1 Å². The van der Waals surface area contributed by atoms with E-state index in [0.717, 1.165) is 0 Å². The molecule has 0 saturated carbocycles. The third kappa shape index (κ3) is 6.32. The van der Waals surface area contributed by atoms with Gasteiger partial charge in [0.1, 0.15) is 11.2 Å². The number of hydrogen-bond donors (Lipinski definition) is 1. The maximum atomic E-state index is 13.4. The molecule has 2 amide bonds. The molecular weight excluding hydrogens is 471 g/mol. The van der Waals surface area contributed by atoms with Crippen molar-refractivity contribution in [2.75, 3.05) is 43.3 Å². The van der Waals surface area contributed by atoms with Crippen LogP contribution in [0.2, 0.25) is 0 Å². The number of nitrogens with one attached hydrogen (secondary N) is 1. The van der Waals surface area contributed by atoms with E-state index in [2.05, 4.69) is 4.72 Å². The lowest BCUT2D eigenvalue weighted by molar-refractivity contribution is -0.115. The van der Waals surface area contributed by atoms with E-state index in [4.69, 9.17) is 9.47 Å². The summed E-state index contributed by atoms with van der Waals surface area (Å²) in [6.07, 6.45) is 0. The van der Waals surface area contributed by atoms with Crippen LogP contribution in [0.25, 0.3) is 0 Å². The van der Waals surface area contributed by atoms with E-state index in [-0.39, 0.29) is 30.4 Å². The summed E-state index contributed by atoms with van der Waals surface area (Å²) in [5, 5.41) is -0.475. The molecule has 2 aromatic rings. The van der Waals surface area contributed by atoms with E-state index in [9.17, 15) is 22.4 Å². The first-order chi connectivity index (χ1) is 15.7. The lowest BCUT2D eigenvalue weighted by Gasteiger charge is -2.28. The van der Waals surface area contributed by atoms with Crippen molar-refractivity contribution < 1.29 is 31.9 Å². The molecule has 1 aliphatic heterocycles. The van der Waals surface area contributed by atoms with Crippen LogP contribution < -0.4 is 9.62 Å². The van der Waals surface area contributed by atoms with Crippen molar-refractivity contribution in [3.8, 4) is 0 Å². The topological polar surface area (TPSA) is 102 Å². The highest BCUT2D eigenvalue weighted by Gasteiger charge is 2.37. The summed E-state index contributed by atoms with van der Waals surface area (Å²) in [6.45, 7) is 2.21. The number of carbonyl (C=O) groups is 2. The quantitative estimate of drug-likeness (QED) is 0.505. The predicted octanol–water partition coefficient (Wildman–Crippen LogP) is 2.64. The summed E-state index contributed by atoms with van der Waals surface area (Å²) in [5.74, 6) is -1.69. The number of amides is 2. The van der Waals surface area contributed by atoms with E-state index in [1.807, 2.05) is 0 Å². The number of thioether (sulfide) groups is 1. The Labute approximate surface area is 196 Å². The zero-order valence-electron chi connectivity index (χ0n) is 18.2. The Hall–Kier alpha value is -2.47. The van der Waals surface area contributed by atoms with Gasteiger partial charge in [0.05, 0.1) is 42.6 Å². The van der Waals surface area contributed by atoms with Gasteiger partial charge in [-0.3, -0.25) is 14.5 Å². The highest BCUT2D eigenvalue weighted by Crippen LogP contribution is 2.44. The summed E-state index contributed by atoms with van der Waals surface area (Å²) in [5.41, 5.74) is 1.71. The fourth-order valence-corrected chi connectivity index (χ4v) is 5.35. The zero-order valence-corrected chi connectivity index (χ0v) is 19.9. The number of halogens is 1. The van der Waals surface area contributed by atoms with Crippen LogP contribution in [-0.2, 0) is 24.3 Å². The number of anilines is 1. The summed E-state index contributed by atoms with van der Waals surface area (Å²) in [4.78, 5) is 27.3. The first-order valence-electron chi connectivity index (χ1n) is 10.1. The third-order valence-corrected chi connectivity index (χ3v) is 7.34. The van der Waals surface area contributed by atoms with E-state index >= 15 is 0 Å². The standard InChI is InChI=1S/C22H25FN2O6S2/c1-15-4-3-5-18(21(27)24-33(28,29)13-12-31-11-10-30-2)20(15)25-19(26)14-32-22(25)16-6-8-17(23)9-7-16/h3-9,22H,10-14H2,1-2H3,(H,24,27). The Bertz CT molecular complexity index is 1110. The summed E-state index contributed by atoms with van der Waals surface area (Å²) in [6, 6.07) is 10.6. The molecule has 1 fully saturated rings. The van der Waals surface area contributed by atoms with Gasteiger partial charge in [-0.1, -0.05) is 24.3 Å². The van der Waals surface area contributed by atoms with Crippen molar-refractivity contribution in [3.05, 3.63) is 65.0 Å². The highest BCUT2D eigenvalue weighted by atomic mass is 32.2. The Morgan fingerprint density at radius 1 is 1.18 bits per heavy atom. The predicted molar refractivity (Wildman–Crippen MR) is 124 cm³/mol. The fourth-order valence-electron chi connectivity index (χ4n) is 3.36. The first kappa shape index (κ1) is 25.2. The molecule has 1 atom stereocenters. The minimum absolute atomic E-state index is 0.0573. The molecule has 1 unspecified atom stereocenters. The van der Waals surface area contributed by atoms with E-state index in [1.54, 1.807) is 31.2 Å². The largest absolute Gasteiger partial charge is 0.382 e. The highest BCUT2D eigenvalue weighted by molar-refractivity contribution is 8.00. The van der Waals surface area contributed by atoms with Gasteiger partial charge in [-0.15, -0.1) is 11.8 Å². The van der Waals surface area contributed by atoms with Gasteiger partial charge < -0.3 is 9.47 Å². The number of aryl methyl sites for hydroxylation is 1. The molecule has 11 heteroatoms. The van der Waals surface area contributed by atoms with Gasteiger partial charge in [0.2, 0.25) is 15.9 Å². The van der Waals surface area contributed by atoms with E-state index in [0.29, 0.717) is 23.4 Å². The van der Waals surface area contributed by atoms with E-state index in [1.165, 1.54) is 42.0 Å². The minimum atomic E-state index is -3.97. The monoisotopic (exact) mass is 496 g/mol. The van der Waals surface area contributed by atoms with Crippen molar-refractivity contribution in [3.63, 3.8) is 0 Å². The van der Waals surface area contributed by atoms with Gasteiger partial charge in [0, 0.05) is 7.11 Å². The molecule has 0 aliphatic carbocycles. The molecule has 1 heterocycles. The number of ether oxygens (including phenoxy) is 2. The van der Waals surface area contributed by atoms with Crippen molar-refractivity contribution in [2.24, 2.45) is 0 Å². The molecule has 0 aromatic heterocycles. The first-order valence-corrected chi connectivity index (χ1v) is 12.8. The number of para-hydroxylation sites is 1. The molecular formula is C22H25FN2O6S2. The SMILES string of the molecule is COCCOCCS(=O)(=O)NC(=O)c1cccc(C)c1N1C(=O)CSC1c1ccc(F)cc1. The Balaban J connectivity index is 1.85. The van der Waals surface area contributed by atoms with Gasteiger partial charge in [-0.2, -0.15) is 0 Å². The van der Waals surface area contributed by atoms with Crippen molar-refractivity contribution in [2.45, 2.75) is 12.3 Å². The number of methoxy groups -OCH3 is 1. The van der Waals surface area contributed by atoms with Gasteiger partial charge in [0.25, 0.3) is 5.91 Å². The van der Waals surface area contributed by atoms with Crippen LogP contribution in [0.3, 0.4) is 0 Å². The smallest absolute Gasteiger partial charge is 0.266 e. The van der Waals surface area contributed by atoms with Gasteiger partial charge in [-0.05, 0) is 36.2 Å². The molecule has 0 radical (unpaired) electrons.